The second kappa shape index (κ2) is 8.89. The highest BCUT2D eigenvalue weighted by atomic mass is 16.6. The van der Waals surface area contributed by atoms with Crippen molar-refractivity contribution in [3.8, 4) is 0 Å². The molecule has 0 aliphatic rings. The number of carboxylic acid groups (broad SMARTS) is 1. The van der Waals surface area contributed by atoms with Crippen molar-refractivity contribution in [3.63, 3.8) is 0 Å². The number of carbonyl (C=O) groups excluding carboxylic acids is 2. The molecule has 0 aromatic heterocycles. The van der Waals surface area contributed by atoms with E-state index in [0.717, 1.165) is 4.90 Å². The van der Waals surface area contributed by atoms with E-state index in [1.54, 1.807) is 41.5 Å². The molecule has 1 unspecified atom stereocenters. The summed E-state index contributed by atoms with van der Waals surface area (Å²) in [4.78, 5) is 37.3. The zero-order chi connectivity index (χ0) is 20.0. The monoisotopic (exact) mass is 362 g/mol. The number of hydrogen-bond acceptors (Lipinski definition) is 6. The number of aliphatic carboxylic acids is 1. The van der Waals surface area contributed by atoms with Gasteiger partial charge in [0.2, 0.25) is 0 Å². The standard InChI is InChI=1S/C16H30N2O7/c1-15(2,3)24-13(22)17(7)8-9-18(10-11(19)12(20)21)14(23)25-16(4,5)6/h11,19H,8-10H2,1-7H3,(H,20,21). The van der Waals surface area contributed by atoms with Crippen molar-refractivity contribution in [2.45, 2.75) is 58.8 Å². The lowest BCUT2D eigenvalue weighted by atomic mass is 10.2. The van der Waals surface area contributed by atoms with Gasteiger partial charge in [0.25, 0.3) is 0 Å². The van der Waals surface area contributed by atoms with Crippen LogP contribution in [-0.4, -0.2) is 82.2 Å². The molecule has 25 heavy (non-hydrogen) atoms. The summed E-state index contributed by atoms with van der Waals surface area (Å²) in [6.07, 6.45) is -3.10. The smallest absolute Gasteiger partial charge is 0.410 e. The molecular weight excluding hydrogens is 332 g/mol. The maximum Gasteiger partial charge on any atom is 0.410 e. The molecular formula is C16H30N2O7. The van der Waals surface area contributed by atoms with E-state index in [1.165, 1.54) is 11.9 Å². The van der Waals surface area contributed by atoms with Gasteiger partial charge in [-0.3, -0.25) is 0 Å². The van der Waals surface area contributed by atoms with Crippen molar-refractivity contribution in [1.29, 1.82) is 0 Å². The number of ether oxygens (including phenoxy) is 2. The average Bonchev–Trinajstić information content (AvgIpc) is 2.38. The van der Waals surface area contributed by atoms with E-state index in [1.807, 2.05) is 0 Å². The molecule has 2 amide bonds. The molecule has 0 rings (SSSR count). The molecule has 0 saturated carbocycles. The van der Waals surface area contributed by atoms with Crippen molar-refractivity contribution in [2.75, 3.05) is 26.7 Å². The Balaban J connectivity index is 4.90. The molecule has 9 heteroatoms. The number of likely N-dealkylation sites (N-methyl/N-ethyl adjacent to an activating group) is 1. The van der Waals surface area contributed by atoms with E-state index in [-0.39, 0.29) is 13.1 Å². The van der Waals surface area contributed by atoms with Crippen molar-refractivity contribution >= 4 is 18.2 Å². The first-order valence-electron chi connectivity index (χ1n) is 7.95. The van der Waals surface area contributed by atoms with Crippen LogP contribution in [0.4, 0.5) is 9.59 Å². The fourth-order valence-electron chi connectivity index (χ4n) is 1.57. The van der Waals surface area contributed by atoms with Gasteiger partial charge >= 0.3 is 18.2 Å². The predicted molar refractivity (Wildman–Crippen MR) is 90.3 cm³/mol. The van der Waals surface area contributed by atoms with Crippen molar-refractivity contribution in [1.82, 2.24) is 9.80 Å². The SMILES string of the molecule is CN(CCN(CC(O)C(=O)O)C(=O)OC(C)(C)C)C(=O)OC(C)(C)C. The van der Waals surface area contributed by atoms with Crippen molar-refractivity contribution < 1.29 is 34.1 Å². The lowest BCUT2D eigenvalue weighted by Gasteiger charge is -2.30. The van der Waals surface area contributed by atoms with E-state index in [4.69, 9.17) is 14.6 Å². The number of nitrogens with zero attached hydrogens (tertiary/aromatic N) is 2. The fraction of sp³-hybridized carbons (Fsp3) is 0.812. The highest BCUT2D eigenvalue weighted by Gasteiger charge is 2.27. The summed E-state index contributed by atoms with van der Waals surface area (Å²) in [5.41, 5.74) is -1.43. The summed E-state index contributed by atoms with van der Waals surface area (Å²) in [6, 6.07) is 0. The summed E-state index contributed by atoms with van der Waals surface area (Å²) in [6.45, 7) is 9.82. The highest BCUT2D eigenvalue weighted by Crippen LogP contribution is 2.12. The molecule has 2 N–H and O–H groups in total. The molecule has 0 radical (unpaired) electrons. The van der Waals surface area contributed by atoms with Gasteiger partial charge in [0.1, 0.15) is 11.2 Å². The lowest BCUT2D eigenvalue weighted by Crippen LogP contribution is -2.47. The van der Waals surface area contributed by atoms with Gasteiger partial charge in [-0.15, -0.1) is 0 Å². The molecule has 0 saturated heterocycles. The van der Waals surface area contributed by atoms with E-state index in [0.29, 0.717) is 0 Å². The largest absolute Gasteiger partial charge is 0.479 e. The Hall–Kier alpha value is -2.03. The van der Waals surface area contributed by atoms with E-state index in [9.17, 15) is 19.5 Å². The minimum atomic E-state index is -1.75. The van der Waals surface area contributed by atoms with Gasteiger partial charge in [-0.1, -0.05) is 0 Å². The van der Waals surface area contributed by atoms with Crippen LogP contribution in [0.5, 0.6) is 0 Å². The number of carbonyl (C=O) groups is 3. The molecule has 9 nitrogen and oxygen atoms in total. The van der Waals surface area contributed by atoms with E-state index < -0.39 is 42.0 Å². The van der Waals surface area contributed by atoms with E-state index >= 15 is 0 Å². The molecule has 146 valence electrons. The molecule has 0 bridgehead atoms. The Morgan fingerprint density at radius 2 is 1.36 bits per heavy atom. The third-order valence-electron chi connectivity index (χ3n) is 2.74. The average molecular weight is 362 g/mol. The van der Waals surface area contributed by atoms with E-state index in [2.05, 4.69) is 0 Å². The Labute approximate surface area is 148 Å². The molecule has 0 aromatic carbocycles. The summed E-state index contributed by atoms with van der Waals surface area (Å²) in [7, 11) is 1.50. The predicted octanol–water partition coefficient (Wildman–Crippen LogP) is 1.54. The minimum Gasteiger partial charge on any atom is -0.479 e. The molecule has 0 aliphatic carbocycles. The van der Waals surface area contributed by atoms with Crippen LogP contribution >= 0.6 is 0 Å². The minimum absolute atomic E-state index is 0.0189. The first-order chi connectivity index (χ1) is 11.1. The highest BCUT2D eigenvalue weighted by molar-refractivity contribution is 5.74. The maximum atomic E-state index is 12.2. The second-order valence-electron chi connectivity index (χ2n) is 7.68. The fourth-order valence-corrected chi connectivity index (χ4v) is 1.57. The van der Waals surface area contributed by atoms with Crippen molar-refractivity contribution in [3.05, 3.63) is 0 Å². The zero-order valence-corrected chi connectivity index (χ0v) is 16.0. The Morgan fingerprint density at radius 1 is 0.920 bits per heavy atom. The molecule has 0 aromatic rings. The topological polar surface area (TPSA) is 117 Å². The van der Waals surface area contributed by atoms with Gasteiger partial charge in [0.15, 0.2) is 6.10 Å². The Bertz CT molecular complexity index is 480. The third-order valence-corrected chi connectivity index (χ3v) is 2.74. The van der Waals surface area contributed by atoms with Crippen LogP contribution in [0.2, 0.25) is 0 Å². The summed E-state index contributed by atoms with van der Waals surface area (Å²) >= 11 is 0. The molecule has 0 heterocycles. The zero-order valence-electron chi connectivity index (χ0n) is 16.0. The first-order valence-corrected chi connectivity index (χ1v) is 7.95. The van der Waals surface area contributed by atoms with Gasteiger partial charge in [-0.2, -0.15) is 0 Å². The van der Waals surface area contributed by atoms with Gasteiger partial charge < -0.3 is 29.5 Å². The number of aliphatic hydroxyl groups excluding tert-OH is 1. The van der Waals surface area contributed by atoms with Crippen LogP contribution < -0.4 is 0 Å². The molecule has 0 aliphatic heterocycles. The molecule has 0 fully saturated rings. The summed E-state index contributed by atoms with van der Waals surface area (Å²) in [5.74, 6) is -1.45. The number of rotatable bonds is 6. The van der Waals surface area contributed by atoms with Gasteiger partial charge in [-0.25, -0.2) is 14.4 Å². The summed E-state index contributed by atoms with van der Waals surface area (Å²) in [5, 5.41) is 18.3. The molecule has 1 atom stereocenters. The number of amides is 2. The Morgan fingerprint density at radius 3 is 1.76 bits per heavy atom. The number of aliphatic hydroxyl groups is 1. The number of carboxylic acids is 1. The van der Waals surface area contributed by atoms with Crippen LogP contribution in [0, 0.1) is 0 Å². The van der Waals surface area contributed by atoms with Crippen LogP contribution in [0.1, 0.15) is 41.5 Å². The quantitative estimate of drug-likeness (QED) is 0.736. The van der Waals surface area contributed by atoms with Gasteiger partial charge in [0, 0.05) is 20.1 Å². The number of hydrogen-bond donors (Lipinski definition) is 2. The van der Waals surface area contributed by atoms with Crippen LogP contribution in [-0.2, 0) is 14.3 Å². The van der Waals surface area contributed by atoms with Crippen molar-refractivity contribution in [2.24, 2.45) is 0 Å². The molecule has 0 spiro atoms. The summed E-state index contributed by atoms with van der Waals surface area (Å²) < 4.78 is 10.4. The third kappa shape index (κ3) is 10.4. The Kier molecular flexibility index (Phi) is 8.17. The van der Waals surface area contributed by atoms with Gasteiger partial charge in [0.05, 0.1) is 6.54 Å². The first kappa shape index (κ1) is 23.0. The normalized spacial score (nSPS) is 13.0. The van der Waals surface area contributed by atoms with Crippen LogP contribution in [0.15, 0.2) is 0 Å². The van der Waals surface area contributed by atoms with Crippen LogP contribution in [0.25, 0.3) is 0 Å². The second-order valence-corrected chi connectivity index (χ2v) is 7.68. The van der Waals surface area contributed by atoms with Crippen LogP contribution in [0.3, 0.4) is 0 Å². The maximum absolute atomic E-state index is 12.2. The lowest BCUT2D eigenvalue weighted by molar-refractivity contribution is -0.147. The van der Waals surface area contributed by atoms with Gasteiger partial charge in [-0.05, 0) is 41.5 Å².